The maximum atomic E-state index is 11.7. The second-order valence-corrected chi connectivity index (χ2v) is 5.39. The minimum atomic E-state index is -0.774. The highest BCUT2D eigenvalue weighted by Gasteiger charge is 2.25. The van der Waals surface area contributed by atoms with Gasteiger partial charge in [-0.3, -0.25) is 28.9 Å². The first-order valence-electron chi connectivity index (χ1n) is 7.11. The number of nitrogens with two attached hydrogens (primary N) is 1. The Bertz CT molecular complexity index is 537. The van der Waals surface area contributed by atoms with Crippen molar-refractivity contribution in [3.05, 3.63) is 12.2 Å². The van der Waals surface area contributed by atoms with Gasteiger partial charge in [0.1, 0.15) is 12.6 Å². The summed E-state index contributed by atoms with van der Waals surface area (Å²) >= 11 is 0. The molecule has 0 aromatic heterocycles. The Morgan fingerprint density at radius 3 is 2.17 bits per heavy atom. The van der Waals surface area contributed by atoms with Crippen LogP contribution in [0.5, 0.6) is 0 Å². The van der Waals surface area contributed by atoms with Crippen molar-refractivity contribution in [2.24, 2.45) is 11.7 Å². The predicted molar refractivity (Wildman–Crippen MR) is 79.4 cm³/mol. The van der Waals surface area contributed by atoms with Gasteiger partial charge < -0.3 is 16.4 Å². The average molecular weight is 324 g/mol. The fraction of sp³-hybridized carbons (Fsp3) is 0.500. The van der Waals surface area contributed by atoms with E-state index in [0.29, 0.717) is 0 Å². The second-order valence-electron chi connectivity index (χ2n) is 5.39. The van der Waals surface area contributed by atoms with Crippen LogP contribution in [0, 0.1) is 5.92 Å². The van der Waals surface area contributed by atoms with E-state index in [1.54, 1.807) is 13.8 Å². The lowest BCUT2D eigenvalue weighted by Crippen LogP contribution is -2.48. The summed E-state index contributed by atoms with van der Waals surface area (Å²) < 4.78 is 0. The molecule has 1 aliphatic rings. The van der Waals surface area contributed by atoms with Crippen molar-refractivity contribution < 1.29 is 24.0 Å². The van der Waals surface area contributed by atoms with E-state index in [4.69, 9.17) is 5.73 Å². The number of carbonyl (C=O) groups is 5. The zero-order valence-electron chi connectivity index (χ0n) is 13.0. The van der Waals surface area contributed by atoms with E-state index >= 15 is 0 Å². The summed E-state index contributed by atoms with van der Waals surface area (Å²) in [6, 6.07) is -0.774. The van der Waals surface area contributed by atoms with Gasteiger partial charge in [-0.25, -0.2) is 0 Å². The van der Waals surface area contributed by atoms with Gasteiger partial charge in [-0.05, 0) is 5.92 Å². The Balaban J connectivity index is 2.32. The van der Waals surface area contributed by atoms with Gasteiger partial charge >= 0.3 is 0 Å². The maximum absolute atomic E-state index is 11.7. The highest BCUT2D eigenvalue weighted by Crippen LogP contribution is 2.02. The topological polar surface area (TPSA) is 139 Å². The zero-order chi connectivity index (χ0) is 17.6. The van der Waals surface area contributed by atoms with Crippen LogP contribution in [0.4, 0.5) is 0 Å². The van der Waals surface area contributed by atoms with Gasteiger partial charge in [0, 0.05) is 25.1 Å². The monoisotopic (exact) mass is 324 g/mol. The molecular weight excluding hydrogens is 304 g/mol. The van der Waals surface area contributed by atoms with Crippen molar-refractivity contribution in [2.75, 3.05) is 13.1 Å². The molecule has 5 amide bonds. The molecule has 23 heavy (non-hydrogen) atoms. The summed E-state index contributed by atoms with van der Waals surface area (Å²) in [5.41, 5.74) is 5.18. The third kappa shape index (κ3) is 5.53. The number of imide groups is 1. The van der Waals surface area contributed by atoms with Crippen molar-refractivity contribution >= 4 is 29.5 Å². The standard InChI is InChI=1S/C14H20N4O5/c1-8(2)13(14(15)23)17-9(19)5-6-16-10(20)7-18-11(21)3-4-12(18)22/h3-4,8,13H,5-7H2,1-2H3,(H2,15,23)(H,16,20)(H,17,19)/t13-/m0/s1. The minimum absolute atomic E-state index is 0.0118. The summed E-state index contributed by atoms with van der Waals surface area (Å²) in [5, 5.41) is 4.91. The molecule has 1 aliphatic heterocycles. The van der Waals surface area contributed by atoms with E-state index in [0.717, 1.165) is 17.1 Å². The third-order valence-electron chi connectivity index (χ3n) is 3.17. The van der Waals surface area contributed by atoms with Crippen LogP contribution in [0.15, 0.2) is 12.2 Å². The summed E-state index contributed by atoms with van der Waals surface area (Å²) in [7, 11) is 0. The molecular formula is C14H20N4O5. The van der Waals surface area contributed by atoms with Gasteiger partial charge in [0.25, 0.3) is 11.8 Å². The van der Waals surface area contributed by atoms with Crippen LogP contribution >= 0.6 is 0 Å². The average Bonchev–Trinajstić information content (AvgIpc) is 2.76. The molecule has 4 N–H and O–H groups in total. The minimum Gasteiger partial charge on any atom is -0.368 e. The second kappa shape index (κ2) is 8.06. The van der Waals surface area contributed by atoms with Gasteiger partial charge in [-0.15, -0.1) is 0 Å². The predicted octanol–water partition coefficient (Wildman–Crippen LogP) is -1.96. The molecule has 0 aromatic carbocycles. The number of nitrogens with zero attached hydrogens (tertiary/aromatic N) is 1. The fourth-order valence-electron chi connectivity index (χ4n) is 1.91. The van der Waals surface area contributed by atoms with Gasteiger partial charge in [-0.2, -0.15) is 0 Å². The van der Waals surface area contributed by atoms with Crippen molar-refractivity contribution in [2.45, 2.75) is 26.3 Å². The van der Waals surface area contributed by atoms with E-state index in [1.807, 2.05) is 0 Å². The molecule has 0 saturated heterocycles. The normalized spacial score (nSPS) is 15.0. The Hall–Kier alpha value is -2.71. The number of hydrogen-bond acceptors (Lipinski definition) is 5. The highest BCUT2D eigenvalue weighted by molar-refractivity contribution is 6.14. The Labute approximate surface area is 133 Å². The molecule has 1 atom stereocenters. The van der Waals surface area contributed by atoms with Gasteiger partial charge in [-0.1, -0.05) is 13.8 Å². The summed E-state index contributed by atoms with van der Waals surface area (Å²) in [6.45, 7) is 3.10. The van der Waals surface area contributed by atoms with Crippen molar-refractivity contribution in [1.82, 2.24) is 15.5 Å². The van der Waals surface area contributed by atoms with E-state index in [1.165, 1.54) is 0 Å². The molecule has 0 bridgehead atoms. The Morgan fingerprint density at radius 1 is 1.13 bits per heavy atom. The Morgan fingerprint density at radius 2 is 1.70 bits per heavy atom. The van der Waals surface area contributed by atoms with Crippen molar-refractivity contribution in [3.63, 3.8) is 0 Å². The number of carbonyl (C=O) groups excluding carboxylic acids is 5. The molecule has 0 unspecified atom stereocenters. The van der Waals surface area contributed by atoms with Crippen LogP contribution in [0.3, 0.4) is 0 Å². The van der Waals surface area contributed by atoms with Gasteiger partial charge in [0.15, 0.2) is 0 Å². The van der Waals surface area contributed by atoms with Crippen LogP contribution in [0.25, 0.3) is 0 Å². The lowest BCUT2D eigenvalue weighted by molar-refractivity contribution is -0.141. The first-order valence-corrected chi connectivity index (χ1v) is 7.11. The van der Waals surface area contributed by atoms with Crippen LogP contribution in [0.1, 0.15) is 20.3 Å². The number of hydrogen-bond donors (Lipinski definition) is 3. The number of primary amides is 1. The molecule has 0 saturated carbocycles. The van der Waals surface area contributed by atoms with Crippen LogP contribution in [0.2, 0.25) is 0 Å². The molecule has 1 rings (SSSR count). The SMILES string of the molecule is CC(C)[C@H](NC(=O)CCNC(=O)CN1C(=O)C=CC1=O)C(N)=O. The number of rotatable bonds is 8. The van der Waals surface area contributed by atoms with E-state index in [-0.39, 0.29) is 18.9 Å². The summed E-state index contributed by atoms with van der Waals surface area (Å²) in [5.74, 6) is -2.87. The first kappa shape index (κ1) is 18.3. The van der Waals surface area contributed by atoms with E-state index in [2.05, 4.69) is 10.6 Å². The van der Waals surface area contributed by atoms with Crippen molar-refractivity contribution in [3.8, 4) is 0 Å². The molecule has 9 heteroatoms. The highest BCUT2D eigenvalue weighted by atomic mass is 16.2. The molecule has 0 aromatic rings. The smallest absolute Gasteiger partial charge is 0.254 e. The molecule has 0 spiro atoms. The van der Waals surface area contributed by atoms with Gasteiger partial charge in [0.05, 0.1) is 0 Å². The van der Waals surface area contributed by atoms with E-state index in [9.17, 15) is 24.0 Å². The zero-order valence-corrected chi connectivity index (χ0v) is 13.0. The number of nitrogens with one attached hydrogen (secondary N) is 2. The first-order chi connectivity index (χ1) is 10.7. The van der Waals surface area contributed by atoms with Crippen LogP contribution < -0.4 is 16.4 Å². The Kier molecular flexibility index (Phi) is 6.43. The summed E-state index contributed by atoms with van der Waals surface area (Å²) in [4.78, 5) is 57.8. The fourth-order valence-corrected chi connectivity index (χ4v) is 1.91. The largest absolute Gasteiger partial charge is 0.368 e. The molecule has 9 nitrogen and oxygen atoms in total. The lowest BCUT2D eigenvalue weighted by Gasteiger charge is -2.19. The molecule has 126 valence electrons. The summed E-state index contributed by atoms with van der Waals surface area (Å²) in [6.07, 6.45) is 2.11. The maximum Gasteiger partial charge on any atom is 0.254 e. The number of amides is 5. The van der Waals surface area contributed by atoms with Crippen LogP contribution in [-0.4, -0.2) is 53.6 Å². The van der Waals surface area contributed by atoms with Crippen LogP contribution in [-0.2, 0) is 24.0 Å². The van der Waals surface area contributed by atoms with Crippen molar-refractivity contribution in [1.29, 1.82) is 0 Å². The third-order valence-corrected chi connectivity index (χ3v) is 3.17. The quantitative estimate of drug-likeness (QED) is 0.445. The molecule has 1 heterocycles. The van der Waals surface area contributed by atoms with Gasteiger partial charge in [0.2, 0.25) is 17.7 Å². The lowest BCUT2D eigenvalue weighted by atomic mass is 10.0. The molecule has 0 radical (unpaired) electrons. The molecule has 0 fully saturated rings. The molecule has 0 aliphatic carbocycles. The van der Waals surface area contributed by atoms with E-state index < -0.39 is 42.1 Å².